The van der Waals surface area contributed by atoms with E-state index < -0.39 is 0 Å². The van der Waals surface area contributed by atoms with Gasteiger partial charge in [-0.05, 0) is 23.8 Å². The fourth-order valence-corrected chi connectivity index (χ4v) is 3.80. The van der Waals surface area contributed by atoms with Crippen molar-refractivity contribution in [3.05, 3.63) is 63.9 Å². The van der Waals surface area contributed by atoms with Gasteiger partial charge in [0.1, 0.15) is 0 Å². The Morgan fingerprint density at radius 3 is 2.79 bits per heavy atom. The Kier molecular flexibility index (Phi) is 5.45. The van der Waals surface area contributed by atoms with Crippen molar-refractivity contribution in [3.8, 4) is 0 Å². The summed E-state index contributed by atoms with van der Waals surface area (Å²) in [6, 6.07) is 15.3. The number of hydrogen-bond acceptors (Lipinski definition) is 3. The monoisotopic (exact) mass is 360 g/mol. The van der Waals surface area contributed by atoms with Gasteiger partial charge >= 0.3 is 0 Å². The quantitative estimate of drug-likeness (QED) is 0.696. The summed E-state index contributed by atoms with van der Waals surface area (Å²) in [4.78, 5) is 17.3. The number of halogens is 1. The summed E-state index contributed by atoms with van der Waals surface area (Å²) in [6.45, 7) is 1.18. The number of methoxy groups -OCH3 is 1. The molecule has 0 aliphatic rings. The Labute approximate surface area is 149 Å². The first-order valence-corrected chi connectivity index (χ1v) is 8.76. The molecule has 0 radical (unpaired) electrons. The molecule has 0 saturated carbocycles. The molecule has 3 rings (SSSR count). The molecule has 0 spiro atoms. The molecule has 4 nitrogen and oxygen atoms in total. The molecule has 0 bridgehead atoms. The molecule has 24 heavy (non-hydrogen) atoms. The van der Waals surface area contributed by atoms with Crippen molar-refractivity contribution in [1.29, 1.82) is 0 Å². The molecule has 0 unspecified atom stereocenters. The zero-order valence-electron chi connectivity index (χ0n) is 13.2. The maximum Gasteiger partial charge on any atom is 0.252 e. The van der Waals surface area contributed by atoms with Crippen LogP contribution in [-0.4, -0.2) is 24.2 Å². The first kappa shape index (κ1) is 16.9. The van der Waals surface area contributed by atoms with Crippen molar-refractivity contribution in [1.82, 2.24) is 4.57 Å². The number of rotatable bonds is 5. The third-order valence-electron chi connectivity index (χ3n) is 3.58. The number of hydrogen-bond donors (Lipinski definition) is 0. The topological polar surface area (TPSA) is 43.6 Å². The van der Waals surface area contributed by atoms with Gasteiger partial charge in [-0.2, -0.15) is 4.99 Å². The smallest absolute Gasteiger partial charge is 0.252 e. The van der Waals surface area contributed by atoms with Gasteiger partial charge in [-0.3, -0.25) is 4.79 Å². The summed E-state index contributed by atoms with van der Waals surface area (Å²) in [5.74, 6) is -0.162. The Morgan fingerprint density at radius 1 is 1.25 bits per heavy atom. The number of amides is 1. The van der Waals surface area contributed by atoms with Crippen LogP contribution in [0.25, 0.3) is 10.2 Å². The molecule has 0 aliphatic heterocycles. The number of fused-ring (bicyclic) bond motifs is 1. The molecular weight excluding hydrogens is 344 g/mol. The van der Waals surface area contributed by atoms with E-state index in [0.717, 1.165) is 15.8 Å². The van der Waals surface area contributed by atoms with E-state index in [0.29, 0.717) is 29.4 Å². The van der Waals surface area contributed by atoms with Crippen LogP contribution in [0.15, 0.2) is 53.5 Å². The molecule has 1 amide bonds. The lowest BCUT2D eigenvalue weighted by Gasteiger charge is -2.04. The van der Waals surface area contributed by atoms with E-state index in [9.17, 15) is 4.79 Å². The Morgan fingerprint density at radius 2 is 2.04 bits per heavy atom. The Hall–Kier alpha value is -1.95. The lowest BCUT2D eigenvalue weighted by Crippen LogP contribution is -2.19. The van der Waals surface area contributed by atoms with Gasteiger partial charge in [-0.15, -0.1) is 0 Å². The first-order valence-electron chi connectivity index (χ1n) is 7.56. The molecule has 0 aliphatic carbocycles. The van der Waals surface area contributed by atoms with E-state index in [4.69, 9.17) is 16.3 Å². The van der Waals surface area contributed by atoms with E-state index in [1.165, 1.54) is 11.3 Å². The zero-order chi connectivity index (χ0) is 16.9. The average molecular weight is 361 g/mol. The van der Waals surface area contributed by atoms with Gasteiger partial charge < -0.3 is 9.30 Å². The normalized spacial score (nSPS) is 12.0. The van der Waals surface area contributed by atoms with Crippen LogP contribution in [0.3, 0.4) is 0 Å². The molecule has 1 heterocycles. The fraction of sp³-hybridized carbons (Fsp3) is 0.222. The molecule has 2 aromatic carbocycles. The lowest BCUT2D eigenvalue weighted by molar-refractivity contribution is -0.117. The van der Waals surface area contributed by atoms with Gasteiger partial charge in [0.2, 0.25) is 0 Å². The van der Waals surface area contributed by atoms with Gasteiger partial charge in [-0.25, -0.2) is 0 Å². The summed E-state index contributed by atoms with van der Waals surface area (Å²) < 4.78 is 8.18. The van der Waals surface area contributed by atoms with Crippen LogP contribution in [0.4, 0.5) is 0 Å². The van der Waals surface area contributed by atoms with Crippen molar-refractivity contribution >= 4 is 39.1 Å². The second-order valence-electron chi connectivity index (χ2n) is 5.31. The van der Waals surface area contributed by atoms with Crippen molar-refractivity contribution in [3.63, 3.8) is 0 Å². The molecule has 0 fully saturated rings. The average Bonchev–Trinajstić information content (AvgIpc) is 2.89. The molecule has 6 heteroatoms. The van der Waals surface area contributed by atoms with Crippen LogP contribution >= 0.6 is 22.9 Å². The van der Waals surface area contributed by atoms with Gasteiger partial charge in [0.25, 0.3) is 5.91 Å². The molecular formula is C18H17ClN2O2S. The first-order chi connectivity index (χ1) is 11.7. The van der Waals surface area contributed by atoms with Crippen molar-refractivity contribution in [2.75, 3.05) is 13.7 Å². The minimum Gasteiger partial charge on any atom is -0.383 e. The van der Waals surface area contributed by atoms with Crippen LogP contribution < -0.4 is 4.80 Å². The highest BCUT2D eigenvalue weighted by molar-refractivity contribution is 7.16. The molecule has 0 saturated heterocycles. The Bertz CT molecular complexity index is 916. The van der Waals surface area contributed by atoms with Gasteiger partial charge in [0, 0.05) is 18.7 Å². The predicted molar refractivity (Wildman–Crippen MR) is 97.4 cm³/mol. The van der Waals surface area contributed by atoms with Crippen LogP contribution in [0.5, 0.6) is 0 Å². The number of carbonyl (C=O) groups is 1. The third-order valence-corrected chi connectivity index (χ3v) is 4.86. The van der Waals surface area contributed by atoms with E-state index in [1.54, 1.807) is 7.11 Å². The number of thiazole rings is 1. The van der Waals surface area contributed by atoms with E-state index in [2.05, 4.69) is 4.99 Å². The molecule has 1 aromatic heterocycles. The van der Waals surface area contributed by atoms with Crippen molar-refractivity contribution < 1.29 is 9.53 Å². The largest absolute Gasteiger partial charge is 0.383 e. The van der Waals surface area contributed by atoms with Crippen LogP contribution in [0.1, 0.15) is 5.56 Å². The second-order valence-corrected chi connectivity index (χ2v) is 6.75. The molecule has 3 aromatic rings. The highest BCUT2D eigenvalue weighted by Crippen LogP contribution is 2.21. The van der Waals surface area contributed by atoms with Crippen LogP contribution in [-0.2, 0) is 22.5 Å². The van der Waals surface area contributed by atoms with E-state index in [1.807, 2.05) is 53.1 Å². The van der Waals surface area contributed by atoms with Crippen LogP contribution in [0, 0.1) is 0 Å². The summed E-state index contributed by atoms with van der Waals surface area (Å²) >= 11 is 7.54. The summed E-state index contributed by atoms with van der Waals surface area (Å²) in [6.07, 6.45) is 0.292. The summed E-state index contributed by atoms with van der Waals surface area (Å²) in [5.41, 5.74) is 1.96. The summed E-state index contributed by atoms with van der Waals surface area (Å²) in [5, 5.41) is 0.671. The van der Waals surface area contributed by atoms with Crippen LogP contribution in [0.2, 0.25) is 5.02 Å². The minimum atomic E-state index is -0.162. The lowest BCUT2D eigenvalue weighted by atomic mass is 10.1. The number of ether oxygens (including phenoxy) is 1. The maximum absolute atomic E-state index is 12.3. The molecule has 0 N–H and O–H groups in total. The Balaban J connectivity index is 1.98. The number of carbonyl (C=O) groups excluding carboxylic acids is 1. The second kappa shape index (κ2) is 7.75. The molecule has 124 valence electrons. The van der Waals surface area contributed by atoms with Crippen molar-refractivity contribution in [2.24, 2.45) is 4.99 Å². The predicted octanol–water partition coefficient (Wildman–Crippen LogP) is 3.67. The fourth-order valence-electron chi connectivity index (χ4n) is 2.45. The maximum atomic E-state index is 12.3. The van der Waals surface area contributed by atoms with Gasteiger partial charge in [0.05, 0.1) is 23.2 Å². The van der Waals surface area contributed by atoms with Crippen molar-refractivity contribution in [2.45, 2.75) is 13.0 Å². The standard InChI is InChI=1S/C18H17ClN2O2S/c1-23-10-9-21-15-8-7-14(19)12-16(15)24-18(21)20-17(22)11-13-5-3-2-4-6-13/h2-8,12H,9-11H2,1H3. The number of nitrogens with zero attached hydrogens (tertiary/aromatic N) is 2. The highest BCUT2D eigenvalue weighted by Gasteiger charge is 2.09. The van der Waals surface area contributed by atoms with Gasteiger partial charge in [0.15, 0.2) is 4.80 Å². The number of aromatic nitrogens is 1. The SMILES string of the molecule is COCCn1c(=NC(=O)Cc2ccccc2)sc2cc(Cl)ccc21. The molecule has 0 atom stereocenters. The third kappa shape index (κ3) is 3.93. The number of benzene rings is 2. The highest BCUT2D eigenvalue weighted by atomic mass is 35.5. The zero-order valence-corrected chi connectivity index (χ0v) is 14.8. The van der Waals surface area contributed by atoms with E-state index in [-0.39, 0.29) is 5.91 Å². The van der Waals surface area contributed by atoms with Gasteiger partial charge in [-0.1, -0.05) is 53.3 Å². The summed E-state index contributed by atoms with van der Waals surface area (Å²) in [7, 11) is 1.66. The van der Waals surface area contributed by atoms with E-state index >= 15 is 0 Å². The minimum absolute atomic E-state index is 0.162.